The maximum atomic E-state index is 6.24. The number of rotatable bonds is 9. The van der Waals surface area contributed by atoms with Crippen LogP contribution in [0.4, 0.5) is 0 Å². The number of hydrogen-bond acceptors (Lipinski definition) is 2. The van der Waals surface area contributed by atoms with E-state index >= 15 is 0 Å². The van der Waals surface area contributed by atoms with Gasteiger partial charge in [-0.1, -0.05) is 41.0 Å². The van der Waals surface area contributed by atoms with Crippen LogP contribution in [-0.2, 0) is 8.85 Å². The first-order valence-corrected chi connectivity index (χ1v) is 9.04. The van der Waals surface area contributed by atoms with Crippen LogP contribution < -0.4 is 0 Å². The lowest BCUT2D eigenvalue weighted by atomic mass is 10.2. The van der Waals surface area contributed by atoms with E-state index in [1.165, 1.54) is 6.42 Å². The Labute approximate surface area is 103 Å². The molecule has 0 saturated heterocycles. The molecule has 2 nitrogen and oxygen atoms in total. The summed E-state index contributed by atoms with van der Waals surface area (Å²) in [5.41, 5.74) is 0. The summed E-state index contributed by atoms with van der Waals surface area (Å²) >= 11 is 0. The predicted octanol–water partition coefficient (Wildman–Crippen LogP) is 4.35. The second-order valence-corrected chi connectivity index (χ2v) is 8.80. The molecule has 0 aromatic carbocycles. The molecule has 16 heavy (non-hydrogen) atoms. The molecule has 0 aliphatic carbocycles. The summed E-state index contributed by atoms with van der Waals surface area (Å²) in [6.07, 6.45) is 2.67. The molecule has 3 heteroatoms. The van der Waals surface area contributed by atoms with Crippen molar-refractivity contribution in [1.29, 1.82) is 0 Å². The zero-order valence-corrected chi connectivity index (χ0v) is 13.0. The molecule has 0 aliphatic heterocycles. The molecule has 0 saturated carbocycles. The summed E-state index contributed by atoms with van der Waals surface area (Å²) in [6.45, 7) is 14.0. The normalized spacial score (nSPS) is 14.4. The fourth-order valence-corrected chi connectivity index (χ4v) is 4.60. The van der Waals surface area contributed by atoms with Crippen LogP contribution >= 0.6 is 0 Å². The first-order chi connectivity index (χ1) is 7.49. The van der Waals surface area contributed by atoms with Gasteiger partial charge in [-0.25, -0.2) is 0 Å². The average molecular weight is 246 g/mol. The summed E-state index contributed by atoms with van der Waals surface area (Å²) < 4.78 is 12.4. The number of hydrogen-bond donors (Lipinski definition) is 0. The lowest BCUT2D eigenvalue weighted by molar-refractivity contribution is 0.108. The average Bonchev–Trinajstić information content (AvgIpc) is 2.24. The molecule has 0 spiro atoms. The molecule has 0 heterocycles. The van der Waals surface area contributed by atoms with E-state index in [1.54, 1.807) is 0 Å². The SMILES string of the molecule is CCCC(C)O[Si](CC)(CC)OCC(C)C. The Kier molecular flexibility index (Phi) is 8.33. The van der Waals surface area contributed by atoms with E-state index in [9.17, 15) is 0 Å². The van der Waals surface area contributed by atoms with Crippen LogP contribution in [0.25, 0.3) is 0 Å². The second-order valence-electron chi connectivity index (χ2n) is 5.04. The molecule has 0 aromatic heterocycles. The summed E-state index contributed by atoms with van der Waals surface area (Å²) in [5.74, 6) is 0.593. The Balaban J connectivity index is 4.30. The van der Waals surface area contributed by atoms with Crippen molar-refractivity contribution in [3.05, 3.63) is 0 Å². The van der Waals surface area contributed by atoms with Crippen LogP contribution in [0, 0.1) is 5.92 Å². The van der Waals surface area contributed by atoms with Crippen LogP contribution in [0.3, 0.4) is 0 Å². The summed E-state index contributed by atoms with van der Waals surface area (Å²) in [4.78, 5) is 0. The van der Waals surface area contributed by atoms with E-state index in [0.29, 0.717) is 12.0 Å². The molecule has 98 valence electrons. The summed E-state index contributed by atoms with van der Waals surface area (Å²) in [5, 5.41) is 0. The van der Waals surface area contributed by atoms with Gasteiger partial charge in [0.1, 0.15) is 0 Å². The van der Waals surface area contributed by atoms with Gasteiger partial charge in [0.2, 0.25) is 0 Å². The van der Waals surface area contributed by atoms with Crippen molar-refractivity contribution in [2.45, 2.75) is 72.6 Å². The van der Waals surface area contributed by atoms with Crippen molar-refractivity contribution in [1.82, 2.24) is 0 Å². The van der Waals surface area contributed by atoms with Gasteiger partial charge in [0.25, 0.3) is 0 Å². The third-order valence-electron chi connectivity index (χ3n) is 2.87. The van der Waals surface area contributed by atoms with Gasteiger partial charge in [0.15, 0.2) is 0 Å². The van der Waals surface area contributed by atoms with E-state index in [4.69, 9.17) is 8.85 Å². The van der Waals surface area contributed by atoms with Crippen molar-refractivity contribution in [2.75, 3.05) is 6.61 Å². The Hall–Kier alpha value is 0.137. The zero-order valence-electron chi connectivity index (χ0n) is 12.0. The standard InChI is InChI=1S/C13H30O2Si/c1-7-10-13(6)15-16(8-2,9-3)14-11-12(4)5/h12-13H,7-11H2,1-6H3. The lowest BCUT2D eigenvalue weighted by Crippen LogP contribution is -2.44. The van der Waals surface area contributed by atoms with Gasteiger partial charge in [-0.15, -0.1) is 0 Å². The maximum absolute atomic E-state index is 6.24. The molecule has 0 bridgehead atoms. The Morgan fingerprint density at radius 3 is 1.94 bits per heavy atom. The molecule has 0 N–H and O–H groups in total. The van der Waals surface area contributed by atoms with E-state index in [-0.39, 0.29) is 0 Å². The highest BCUT2D eigenvalue weighted by Gasteiger charge is 2.35. The van der Waals surface area contributed by atoms with E-state index in [0.717, 1.165) is 25.1 Å². The molecular weight excluding hydrogens is 216 g/mol. The highest BCUT2D eigenvalue weighted by Crippen LogP contribution is 2.22. The monoisotopic (exact) mass is 246 g/mol. The molecular formula is C13H30O2Si. The van der Waals surface area contributed by atoms with Crippen LogP contribution in [0.2, 0.25) is 12.1 Å². The highest BCUT2D eigenvalue weighted by atomic mass is 28.4. The van der Waals surface area contributed by atoms with Gasteiger partial charge >= 0.3 is 8.56 Å². The summed E-state index contributed by atoms with van der Waals surface area (Å²) in [6, 6.07) is 2.12. The quantitative estimate of drug-likeness (QED) is 0.563. The maximum Gasteiger partial charge on any atom is 0.337 e. The van der Waals surface area contributed by atoms with E-state index < -0.39 is 8.56 Å². The first kappa shape index (κ1) is 16.1. The van der Waals surface area contributed by atoms with Gasteiger partial charge < -0.3 is 8.85 Å². The Bertz CT molecular complexity index is 167. The van der Waals surface area contributed by atoms with E-state index in [1.807, 2.05) is 0 Å². The molecule has 0 aromatic rings. The van der Waals surface area contributed by atoms with Crippen molar-refractivity contribution in [3.63, 3.8) is 0 Å². The third-order valence-corrected chi connectivity index (χ3v) is 6.55. The van der Waals surface area contributed by atoms with Gasteiger partial charge in [0, 0.05) is 12.7 Å². The molecule has 0 aliphatic rings. The highest BCUT2D eigenvalue weighted by molar-refractivity contribution is 6.67. The van der Waals surface area contributed by atoms with Gasteiger partial charge in [-0.3, -0.25) is 0 Å². The predicted molar refractivity (Wildman–Crippen MR) is 73.0 cm³/mol. The lowest BCUT2D eigenvalue weighted by Gasteiger charge is -2.32. The Morgan fingerprint density at radius 1 is 1.00 bits per heavy atom. The van der Waals surface area contributed by atoms with Crippen molar-refractivity contribution in [3.8, 4) is 0 Å². The van der Waals surface area contributed by atoms with Crippen LogP contribution in [0.15, 0.2) is 0 Å². The molecule has 0 rings (SSSR count). The topological polar surface area (TPSA) is 18.5 Å². The third kappa shape index (κ3) is 6.02. The molecule has 0 amide bonds. The van der Waals surface area contributed by atoms with Crippen LogP contribution in [0.5, 0.6) is 0 Å². The minimum Gasteiger partial charge on any atom is -0.394 e. The van der Waals surface area contributed by atoms with Gasteiger partial charge in [-0.05, 0) is 31.4 Å². The molecule has 0 radical (unpaired) electrons. The zero-order chi connectivity index (χ0) is 12.6. The fourth-order valence-electron chi connectivity index (χ4n) is 1.81. The van der Waals surface area contributed by atoms with E-state index in [2.05, 4.69) is 41.5 Å². The minimum atomic E-state index is -1.91. The molecule has 1 atom stereocenters. The fraction of sp³-hybridized carbons (Fsp3) is 1.00. The molecule has 0 fully saturated rings. The van der Waals surface area contributed by atoms with Crippen LogP contribution in [0.1, 0.15) is 54.4 Å². The van der Waals surface area contributed by atoms with Crippen molar-refractivity contribution < 1.29 is 8.85 Å². The Morgan fingerprint density at radius 2 is 1.56 bits per heavy atom. The van der Waals surface area contributed by atoms with Gasteiger partial charge in [-0.2, -0.15) is 0 Å². The minimum absolute atomic E-state index is 0.351. The second kappa shape index (κ2) is 8.26. The van der Waals surface area contributed by atoms with Crippen molar-refractivity contribution in [2.24, 2.45) is 5.92 Å². The van der Waals surface area contributed by atoms with Gasteiger partial charge in [0.05, 0.1) is 0 Å². The van der Waals surface area contributed by atoms with Crippen molar-refractivity contribution >= 4 is 8.56 Å². The van der Waals surface area contributed by atoms with Crippen LogP contribution in [-0.4, -0.2) is 21.3 Å². The summed E-state index contributed by atoms with van der Waals surface area (Å²) in [7, 11) is -1.91. The molecule has 1 unspecified atom stereocenters. The largest absolute Gasteiger partial charge is 0.394 e. The smallest absolute Gasteiger partial charge is 0.337 e. The first-order valence-electron chi connectivity index (χ1n) is 6.81.